The molecule has 1 rings (SSSR count). The molecular weight excluding hydrogens is 252 g/mol. The van der Waals surface area contributed by atoms with Crippen molar-refractivity contribution in [2.24, 2.45) is 0 Å². The van der Waals surface area contributed by atoms with Crippen LogP contribution in [0.1, 0.15) is 88.0 Å². The largest absolute Gasteiger partial charge is 0.0909 e. The van der Waals surface area contributed by atoms with Gasteiger partial charge in [0.05, 0.1) is 0 Å². The van der Waals surface area contributed by atoms with Crippen LogP contribution in [0.5, 0.6) is 0 Å². The maximum absolute atomic E-state index is 4.37. The van der Waals surface area contributed by atoms with Gasteiger partial charge in [0.1, 0.15) is 0 Å². The van der Waals surface area contributed by atoms with E-state index in [1.807, 2.05) is 13.8 Å². The summed E-state index contributed by atoms with van der Waals surface area (Å²) in [5.74, 6) is 0. The zero-order valence-corrected chi connectivity index (χ0v) is 14.8. The molecule has 0 bridgehead atoms. The Morgan fingerprint density at radius 1 is 1.05 bits per heavy atom. The van der Waals surface area contributed by atoms with E-state index in [1.165, 1.54) is 40.7 Å². The van der Waals surface area contributed by atoms with E-state index in [0.29, 0.717) is 0 Å². The maximum atomic E-state index is 4.37. The van der Waals surface area contributed by atoms with Crippen LogP contribution in [0.25, 0.3) is 0 Å². The highest BCUT2D eigenvalue weighted by molar-refractivity contribution is 5.68. The van der Waals surface area contributed by atoms with E-state index in [1.54, 1.807) is 5.57 Å². The lowest BCUT2D eigenvalue weighted by Gasteiger charge is -2.11. The first-order chi connectivity index (χ1) is 9.62. The zero-order valence-electron chi connectivity index (χ0n) is 14.8. The summed E-state index contributed by atoms with van der Waals surface area (Å²) in [5.41, 5.74) is 8.77. The topological polar surface area (TPSA) is 0 Å². The maximum Gasteiger partial charge on any atom is -0.0126 e. The van der Waals surface area contributed by atoms with E-state index in [2.05, 4.69) is 47.3 Å². The SMILES string of the molecule is C.C=C1C(CC)=C(CCC)C(C)=C1/C(=C\CC)CC.CC. The van der Waals surface area contributed by atoms with Crippen LogP contribution in [0.3, 0.4) is 0 Å². The van der Waals surface area contributed by atoms with Crippen LogP contribution < -0.4 is 0 Å². The predicted molar refractivity (Wildman–Crippen MR) is 101 cm³/mol. The Morgan fingerprint density at radius 3 is 2.00 bits per heavy atom. The van der Waals surface area contributed by atoms with Crippen molar-refractivity contribution < 1.29 is 0 Å². The van der Waals surface area contributed by atoms with Crippen molar-refractivity contribution in [3.8, 4) is 0 Å². The van der Waals surface area contributed by atoms with Crippen molar-refractivity contribution in [1.82, 2.24) is 0 Å². The summed E-state index contributed by atoms with van der Waals surface area (Å²) in [6, 6.07) is 0. The van der Waals surface area contributed by atoms with Crippen LogP contribution in [-0.4, -0.2) is 0 Å². The van der Waals surface area contributed by atoms with Gasteiger partial charge in [-0.2, -0.15) is 0 Å². The molecule has 1 aliphatic rings. The fourth-order valence-corrected chi connectivity index (χ4v) is 3.06. The number of hydrogen-bond acceptors (Lipinski definition) is 0. The van der Waals surface area contributed by atoms with Gasteiger partial charge in [0.2, 0.25) is 0 Å². The molecule has 122 valence electrons. The van der Waals surface area contributed by atoms with Crippen LogP contribution in [0, 0.1) is 0 Å². The van der Waals surface area contributed by atoms with Crippen LogP contribution in [-0.2, 0) is 0 Å². The van der Waals surface area contributed by atoms with Crippen LogP contribution in [0.2, 0.25) is 0 Å². The second-order valence-corrected chi connectivity index (χ2v) is 5.03. The molecule has 0 nitrogen and oxygen atoms in total. The average molecular weight is 291 g/mol. The summed E-state index contributed by atoms with van der Waals surface area (Å²) in [7, 11) is 0. The smallest absolute Gasteiger partial charge is 0.0126 e. The Morgan fingerprint density at radius 2 is 1.62 bits per heavy atom. The molecule has 0 N–H and O–H groups in total. The highest BCUT2D eigenvalue weighted by atomic mass is 14.3. The van der Waals surface area contributed by atoms with Crippen molar-refractivity contribution in [1.29, 1.82) is 0 Å². The summed E-state index contributed by atoms with van der Waals surface area (Å²) in [6.45, 7) is 19.6. The van der Waals surface area contributed by atoms with Crippen molar-refractivity contribution in [2.75, 3.05) is 0 Å². The van der Waals surface area contributed by atoms with E-state index in [9.17, 15) is 0 Å². The third-order valence-corrected chi connectivity index (χ3v) is 3.86. The second-order valence-electron chi connectivity index (χ2n) is 5.03. The Labute approximate surface area is 134 Å². The first kappa shape index (κ1) is 22.2. The number of rotatable bonds is 6. The van der Waals surface area contributed by atoms with Crippen molar-refractivity contribution in [3.63, 3.8) is 0 Å². The fraction of sp³-hybridized carbons (Fsp3) is 0.619. The van der Waals surface area contributed by atoms with Crippen LogP contribution in [0.15, 0.2) is 46.1 Å². The predicted octanol–water partition coefficient (Wildman–Crippen LogP) is 7.79. The molecule has 0 aromatic carbocycles. The molecule has 21 heavy (non-hydrogen) atoms. The fourth-order valence-electron chi connectivity index (χ4n) is 3.06. The van der Waals surface area contributed by atoms with E-state index in [-0.39, 0.29) is 7.43 Å². The molecule has 0 aromatic heterocycles. The molecule has 0 aromatic rings. The first-order valence-corrected chi connectivity index (χ1v) is 8.44. The third-order valence-electron chi connectivity index (χ3n) is 3.86. The highest BCUT2D eigenvalue weighted by Crippen LogP contribution is 2.43. The van der Waals surface area contributed by atoms with Crippen molar-refractivity contribution in [2.45, 2.75) is 88.0 Å². The normalized spacial score (nSPS) is 15.0. The molecule has 0 saturated carbocycles. The van der Waals surface area contributed by atoms with Gasteiger partial charge in [-0.25, -0.2) is 0 Å². The standard InChI is InChI=1S/C18H28.C2H6.CH4/c1-7-11-15(9-3)18-13(5)16(10-4)17(12-8-2)14(18)6;1-2;/h11H,5,7-10,12H2,1-4,6H3;1-2H3;1H4/b15-11-;;. The van der Waals surface area contributed by atoms with E-state index in [4.69, 9.17) is 0 Å². The Bertz CT molecular complexity index is 413. The van der Waals surface area contributed by atoms with Gasteiger partial charge in [-0.3, -0.25) is 0 Å². The lowest BCUT2D eigenvalue weighted by molar-refractivity contribution is 0.896. The number of hydrogen-bond donors (Lipinski definition) is 0. The summed E-state index contributed by atoms with van der Waals surface area (Å²) in [4.78, 5) is 0. The summed E-state index contributed by atoms with van der Waals surface area (Å²) in [6.07, 6.45) is 8.11. The van der Waals surface area contributed by atoms with Crippen LogP contribution in [0.4, 0.5) is 0 Å². The van der Waals surface area contributed by atoms with E-state index >= 15 is 0 Å². The summed E-state index contributed by atoms with van der Waals surface area (Å²) < 4.78 is 0. The summed E-state index contributed by atoms with van der Waals surface area (Å²) in [5, 5.41) is 0. The molecule has 0 fully saturated rings. The number of allylic oxidation sites excluding steroid dienone is 7. The van der Waals surface area contributed by atoms with Gasteiger partial charge in [-0.15, -0.1) is 0 Å². The molecular formula is C21H38. The van der Waals surface area contributed by atoms with Gasteiger partial charge in [-0.05, 0) is 66.0 Å². The van der Waals surface area contributed by atoms with Gasteiger partial charge < -0.3 is 0 Å². The molecule has 0 unspecified atom stereocenters. The van der Waals surface area contributed by atoms with Gasteiger partial charge >= 0.3 is 0 Å². The minimum absolute atomic E-state index is 0. The molecule has 0 spiro atoms. The lowest BCUT2D eigenvalue weighted by Crippen LogP contribution is -1.93. The quantitative estimate of drug-likeness (QED) is 0.468. The van der Waals surface area contributed by atoms with Crippen LogP contribution >= 0.6 is 0 Å². The average Bonchev–Trinajstić information content (AvgIpc) is 2.70. The van der Waals surface area contributed by atoms with Gasteiger partial charge in [-0.1, -0.05) is 68.0 Å². The van der Waals surface area contributed by atoms with Gasteiger partial charge in [0.25, 0.3) is 0 Å². The Kier molecular flexibility index (Phi) is 12.3. The zero-order chi connectivity index (χ0) is 15.7. The highest BCUT2D eigenvalue weighted by Gasteiger charge is 2.24. The minimum atomic E-state index is 0. The lowest BCUT2D eigenvalue weighted by atomic mass is 9.93. The van der Waals surface area contributed by atoms with Gasteiger partial charge in [0.15, 0.2) is 0 Å². The second kappa shape index (κ2) is 11.6. The molecule has 0 saturated heterocycles. The van der Waals surface area contributed by atoms with E-state index < -0.39 is 0 Å². The Balaban J connectivity index is 0. The summed E-state index contributed by atoms with van der Waals surface area (Å²) >= 11 is 0. The first-order valence-electron chi connectivity index (χ1n) is 8.44. The third kappa shape index (κ3) is 5.02. The van der Waals surface area contributed by atoms with Crippen molar-refractivity contribution >= 4 is 0 Å². The minimum Gasteiger partial charge on any atom is -0.0909 e. The Hall–Kier alpha value is -1.04. The molecule has 0 aliphatic heterocycles. The molecule has 1 aliphatic carbocycles. The molecule has 0 amide bonds. The van der Waals surface area contributed by atoms with Crippen molar-refractivity contribution in [3.05, 3.63) is 46.1 Å². The monoisotopic (exact) mass is 290 g/mol. The molecule has 0 heteroatoms. The van der Waals surface area contributed by atoms with E-state index in [0.717, 1.165) is 19.3 Å². The molecule has 0 atom stereocenters. The van der Waals surface area contributed by atoms with Gasteiger partial charge in [0, 0.05) is 0 Å². The molecule has 0 heterocycles. The molecule has 0 radical (unpaired) electrons.